The zero-order chi connectivity index (χ0) is 20.9. The van der Waals surface area contributed by atoms with Gasteiger partial charge in [-0.2, -0.15) is 5.10 Å². The quantitative estimate of drug-likeness (QED) is 0.531. The Labute approximate surface area is 183 Å². The highest BCUT2D eigenvalue weighted by Crippen LogP contribution is 2.49. The maximum absolute atomic E-state index is 11.8. The number of rotatable bonds is 3. The molecule has 0 bridgehead atoms. The summed E-state index contributed by atoms with van der Waals surface area (Å²) in [6.45, 7) is 0. The lowest BCUT2D eigenvalue weighted by atomic mass is 9.74. The summed E-state index contributed by atoms with van der Waals surface area (Å²) in [5, 5.41) is 13.5. The molecular weight excluding hydrogens is 374 g/mol. The van der Waals surface area contributed by atoms with E-state index in [1.165, 1.54) is 70.6 Å². The third-order valence-corrected chi connectivity index (χ3v) is 8.62. The minimum Gasteiger partial charge on any atom is -0.393 e. The van der Waals surface area contributed by atoms with E-state index in [0.29, 0.717) is 35.7 Å². The Kier molecular flexibility index (Phi) is 7.85. The average molecular weight is 418 g/mol. The SMILES string of the molecule is CN1C2CCC(/C=N/NC3CCCCC3)CC2C2CC(=O)CC21.OC1CCCCC1. The Morgan fingerprint density at radius 1 is 0.900 bits per heavy atom. The monoisotopic (exact) mass is 417 g/mol. The molecule has 0 radical (unpaired) electrons. The van der Waals surface area contributed by atoms with E-state index in [1.54, 1.807) is 0 Å². The summed E-state index contributed by atoms with van der Waals surface area (Å²) < 4.78 is 0. The van der Waals surface area contributed by atoms with Crippen molar-refractivity contribution in [2.24, 2.45) is 22.9 Å². The number of hydrazone groups is 1. The number of hydrogen-bond acceptors (Lipinski definition) is 5. The summed E-state index contributed by atoms with van der Waals surface area (Å²) in [4.78, 5) is 14.4. The van der Waals surface area contributed by atoms with Crippen molar-refractivity contribution in [3.05, 3.63) is 0 Å². The van der Waals surface area contributed by atoms with Gasteiger partial charge in [0.2, 0.25) is 0 Å². The third kappa shape index (κ3) is 5.45. The fourth-order valence-corrected chi connectivity index (χ4v) is 6.89. The van der Waals surface area contributed by atoms with Crippen LogP contribution in [-0.2, 0) is 4.79 Å². The van der Waals surface area contributed by atoms with Gasteiger partial charge in [-0.25, -0.2) is 0 Å². The predicted octanol–water partition coefficient (Wildman–Crippen LogP) is 4.28. The molecule has 1 heterocycles. The molecule has 0 amide bonds. The normalized spacial score (nSPS) is 38.2. The molecule has 1 saturated heterocycles. The van der Waals surface area contributed by atoms with E-state index in [-0.39, 0.29) is 6.10 Å². The molecule has 0 aromatic carbocycles. The van der Waals surface area contributed by atoms with Crippen molar-refractivity contribution >= 4 is 12.0 Å². The number of likely N-dealkylation sites (tertiary alicyclic amines) is 1. The molecule has 5 nitrogen and oxygen atoms in total. The zero-order valence-corrected chi connectivity index (χ0v) is 19.0. The first-order valence-corrected chi connectivity index (χ1v) is 12.8. The highest BCUT2D eigenvalue weighted by atomic mass is 16.3. The van der Waals surface area contributed by atoms with Crippen molar-refractivity contribution < 1.29 is 9.90 Å². The van der Waals surface area contributed by atoms with Gasteiger partial charge in [0.15, 0.2) is 0 Å². The van der Waals surface area contributed by atoms with E-state index < -0.39 is 0 Å². The number of aliphatic hydroxyl groups is 1. The Morgan fingerprint density at radius 3 is 2.27 bits per heavy atom. The Bertz CT molecular complexity index is 583. The first-order chi connectivity index (χ1) is 14.6. The molecule has 170 valence electrons. The van der Waals surface area contributed by atoms with E-state index in [4.69, 9.17) is 5.11 Å². The molecule has 0 aromatic rings. The Balaban J connectivity index is 0.000000265. The van der Waals surface area contributed by atoms with Crippen LogP contribution in [-0.4, -0.2) is 53.3 Å². The van der Waals surface area contributed by atoms with E-state index >= 15 is 0 Å². The number of carbonyl (C=O) groups is 1. The van der Waals surface area contributed by atoms with Gasteiger partial charge in [0.1, 0.15) is 5.78 Å². The lowest BCUT2D eigenvalue weighted by Gasteiger charge is -2.34. The van der Waals surface area contributed by atoms with Gasteiger partial charge in [-0.15, -0.1) is 0 Å². The highest BCUT2D eigenvalue weighted by molar-refractivity contribution is 5.82. The van der Waals surface area contributed by atoms with Gasteiger partial charge in [0.25, 0.3) is 0 Å². The number of aliphatic hydroxyl groups excluding tert-OH is 1. The molecule has 5 atom stereocenters. The molecular formula is C25H43N3O2. The molecule has 0 spiro atoms. The molecule has 5 unspecified atom stereocenters. The first kappa shape index (κ1) is 22.3. The summed E-state index contributed by atoms with van der Waals surface area (Å²) in [7, 11) is 2.25. The lowest BCUT2D eigenvalue weighted by molar-refractivity contribution is -0.118. The third-order valence-electron chi connectivity index (χ3n) is 8.62. The van der Waals surface area contributed by atoms with Crippen molar-refractivity contribution in [2.75, 3.05) is 7.05 Å². The number of nitrogens with one attached hydrogen (secondary N) is 1. The summed E-state index contributed by atoms with van der Waals surface area (Å²) in [6, 6.07) is 1.85. The van der Waals surface area contributed by atoms with Crippen LogP contribution in [0.5, 0.6) is 0 Å². The molecule has 5 fully saturated rings. The van der Waals surface area contributed by atoms with Crippen LogP contribution in [0, 0.1) is 17.8 Å². The maximum atomic E-state index is 11.8. The van der Waals surface area contributed by atoms with Gasteiger partial charge in [-0.05, 0) is 69.7 Å². The topological polar surface area (TPSA) is 64.9 Å². The van der Waals surface area contributed by atoms with Crippen molar-refractivity contribution in [1.29, 1.82) is 0 Å². The molecule has 0 aromatic heterocycles. The van der Waals surface area contributed by atoms with Gasteiger partial charge in [-0.3, -0.25) is 9.69 Å². The number of carbonyl (C=O) groups excluding carboxylic acids is 1. The molecule has 5 aliphatic rings. The molecule has 4 saturated carbocycles. The average Bonchev–Trinajstić information content (AvgIpc) is 3.27. The molecule has 5 rings (SSSR count). The molecule has 5 heteroatoms. The van der Waals surface area contributed by atoms with Gasteiger partial charge in [0, 0.05) is 37.2 Å². The van der Waals surface area contributed by atoms with Crippen LogP contribution in [0.3, 0.4) is 0 Å². The number of hydrogen-bond donors (Lipinski definition) is 2. The van der Waals surface area contributed by atoms with Crippen molar-refractivity contribution in [3.8, 4) is 0 Å². The molecule has 1 aliphatic heterocycles. The smallest absolute Gasteiger partial charge is 0.134 e. The lowest BCUT2D eigenvalue weighted by Crippen LogP contribution is -2.38. The standard InChI is InChI=1S/C19H31N3O.C6H12O/c1-22-18-8-7-13(12-20-21-14-5-3-2-4-6-14)9-16(18)17-10-15(23)11-19(17)22;7-6-4-2-1-3-5-6/h12-14,16-19,21H,2-11H2,1H3;6-7H,1-5H2/b20-12+;. The first-order valence-electron chi connectivity index (χ1n) is 12.8. The number of fused-ring (bicyclic) bond motifs is 3. The second-order valence-corrected chi connectivity index (χ2v) is 10.7. The molecule has 30 heavy (non-hydrogen) atoms. The summed E-state index contributed by atoms with van der Waals surface area (Å²) in [5.41, 5.74) is 3.40. The number of ketones is 1. The van der Waals surface area contributed by atoms with Crippen molar-refractivity contribution in [1.82, 2.24) is 10.3 Å². The summed E-state index contributed by atoms with van der Waals surface area (Å²) in [6.07, 6.45) is 20.2. The van der Waals surface area contributed by atoms with Gasteiger partial charge in [0.05, 0.1) is 6.10 Å². The zero-order valence-electron chi connectivity index (χ0n) is 19.0. The van der Waals surface area contributed by atoms with Crippen molar-refractivity contribution in [2.45, 2.75) is 121 Å². The molecule has 4 aliphatic carbocycles. The van der Waals surface area contributed by atoms with Crippen LogP contribution in [0.2, 0.25) is 0 Å². The number of Topliss-reactive ketones (excluding diaryl/α,β-unsaturated/α-hetero) is 1. The van der Waals surface area contributed by atoms with Crippen LogP contribution in [0.1, 0.15) is 96.3 Å². The highest BCUT2D eigenvalue weighted by Gasteiger charge is 2.52. The molecule has 2 N–H and O–H groups in total. The second-order valence-electron chi connectivity index (χ2n) is 10.7. The van der Waals surface area contributed by atoms with Gasteiger partial charge in [-0.1, -0.05) is 38.5 Å². The van der Waals surface area contributed by atoms with E-state index in [9.17, 15) is 4.79 Å². The minimum atomic E-state index is 0.0359. The van der Waals surface area contributed by atoms with Gasteiger partial charge >= 0.3 is 0 Å². The minimum absolute atomic E-state index is 0.0359. The van der Waals surface area contributed by atoms with Crippen LogP contribution >= 0.6 is 0 Å². The van der Waals surface area contributed by atoms with Crippen molar-refractivity contribution in [3.63, 3.8) is 0 Å². The number of nitrogens with zero attached hydrogens (tertiary/aromatic N) is 2. The predicted molar refractivity (Wildman–Crippen MR) is 121 cm³/mol. The summed E-state index contributed by atoms with van der Waals surface area (Å²) >= 11 is 0. The second kappa shape index (κ2) is 10.6. The van der Waals surface area contributed by atoms with Crippen LogP contribution in [0.4, 0.5) is 0 Å². The Hall–Kier alpha value is -0.940. The van der Waals surface area contributed by atoms with Crippen LogP contribution in [0.25, 0.3) is 0 Å². The summed E-state index contributed by atoms with van der Waals surface area (Å²) in [5.74, 6) is 2.44. The maximum Gasteiger partial charge on any atom is 0.134 e. The van der Waals surface area contributed by atoms with Crippen LogP contribution in [0.15, 0.2) is 5.10 Å². The Morgan fingerprint density at radius 2 is 1.60 bits per heavy atom. The van der Waals surface area contributed by atoms with E-state index in [2.05, 4.69) is 28.7 Å². The fraction of sp³-hybridized carbons (Fsp3) is 0.920. The van der Waals surface area contributed by atoms with Gasteiger partial charge < -0.3 is 10.5 Å². The fourth-order valence-electron chi connectivity index (χ4n) is 6.89. The van der Waals surface area contributed by atoms with E-state index in [1.807, 2.05) is 0 Å². The van der Waals surface area contributed by atoms with Crippen LogP contribution < -0.4 is 5.43 Å². The largest absolute Gasteiger partial charge is 0.393 e. The van der Waals surface area contributed by atoms with E-state index in [0.717, 1.165) is 31.6 Å².